The minimum atomic E-state index is -0.939. The van der Waals surface area contributed by atoms with E-state index in [4.69, 9.17) is 5.11 Å². The SMILES string of the molecule is CN(Cc1cnc(NCC(=O)O)nc1)Cc1n[nH]c2c1CCCCC2. The van der Waals surface area contributed by atoms with Crippen LogP contribution in [-0.2, 0) is 30.7 Å². The summed E-state index contributed by atoms with van der Waals surface area (Å²) >= 11 is 0. The summed E-state index contributed by atoms with van der Waals surface area (Å²) in [5.74, 6) is -0.614. The van der Waals surface area contributed by atoms with Crippen LogP contribution in [0.4, 0.5) is 5.95 Å². The first-order valence-corrected chi connectivity index (χ1v) is 8.62. The Morgan fingerprint density at radius 2 is 2.00 bits per heavy atom. The summed E-state index contributed by atoms with van der Waals surface area (Å²) in [7, 11) is 2.05. The molecule has 2 heterocycles. The van der Waals surface area contributed by atoms with Crippen LogP contribution in [0.2, 0.25) is 0 Å². The Hall–Kier alpha value is -2.48. The molecule has 134 valence electrons. The number of fused-ring (bicyclic) bond motifs is 1. The fourth-order valence-electron chi connectivity index (χ4n) is 3.16. The number of aliphatic carboxylic acids is 1. The van der Waals surface area contributed by atoms with Gasteiger partial charge < -0.3 is 10.4 Å². The van der Waals surface area contributed by atoms with Gasteiger partial charge in [0.1, 0.15) is 6.54 Å². The van der Waals surface area contributed by atoms with E-state index in [1.807, 2.05) is 7.05 Å². The molecule has 0 fully saturated rings. The number of H-pyrrole nitrogens is 1. The highest BCUT2D eigenvalue weighted by Crippen LogP contribution is 2.22. The van der Waals surface area contributed by atoms with Crippen LogP contribution < -0.4 is 5.32 Å². The second kappa shape index (κ2) is 8.06. The smallest absolute Gasteiger partial charge is 0.322 e. The van der Waals surface area contributed by atoms with Crippen LogP contribution in [0.25, 0.3) is 0 Å². The summed E-state index contributed by atoms with van der Waals surface area (Å²) in [4.78, 5) is 21.0. The third-order valence-corrected chi connectivity index (χ3v) is 4.37. The van der Waals surface area contributed by atoms with Crippen molar-refractivity contribution < 1.29 is 9.90 Å². The van der Waals surface area contributed by atoms with Gasteiger partial charge in [-0.3, -0.25) is 14.8 Å². The zero-order chi connectivity index (χ0) is 17.6. The van der Waals surface area contributed by atoms with E-state index in [0.717, 1.165) is 30.6 Å². The van der Waals surface area contributed by atoms with Crippen LogP contribution >= 0.6 is 0 Å². The molecule has 3 N–H and O–H groups in total. The lowest BCUT2D eigenvalue weighted by atomic mass is 10.1. The molecule has 0 spiro atoms. The number of hydrogen-bond acceptors (Lipinski definition) is 6. The molecule has 8 heteroatoms. The summed E-state index contributed by atoms with van der Waals surface area (Å²) in [6.45, 7) is 1.30. The predicted molar refractivity (Wildman–Crippen MR) is 93.2 cm³/mol. The van der Waals surface area contributed by atoms with Crippen molar-refractivity contribution in [3.8, 4) is 0 Å². The van der Waals surface area contributed by atoms with Crippen LogP contribution in [0.15, 0.2) is 12.4 Å². The number of nitrogens with zero attached hydrogens (tertiary/aromatic N) is 4. The van der Waals surface area contributed by atoms with Gasteiger partial charge >= 0.3 is 5.97 Å². The van der Waals surface area contributed by atoms with Crippen LogP contribution in [0.1, 0.15) is 41.8 Å². The number of carbonyl (C=O) groups is 1. The Balaban J connectivity index is 1.56. The second-order valence-electron chi connectivity index (χ2n) is 6.52. The quantitative estimate of drug-likeness (QED) is 0.655. The van der Waals surface area contributed by atoms with Crippen molar-refractivity contribution in [3.63, 3.8) is 0 Å². The maximum Gasteiger partial charge on any atom is 0.322 e. The Morgan fingerprint density at radius 3 is 2.76 bits per heavy atom. The average Bonchev–Trinajstić information content (AvgIpc) is 2.81. The van der Waals surface area contributed by atoms with E-state index in [1.54, 1.807) is 12.4 Å². The van der Waals surface area contributed by atoms with Crippen molar-refractivity contribution >= 4 is 11.9 Å². The highest BCUT2D eigenvalue weighted by molar-refractivity contribution is 5.71. The largest absolute Gasteiger partial charge is 0.480 e. The molecular formula is C17H24N6O2. The van der Waals surface area contributed by atoms with Gasteiger partial charge in [0.05, 0.1) is 5.69 Å². The van der Waals surface area contributed by atoms with Crippen molar-refractivity contribution in [3.05, 3.63) is 34.9 Å². The van der Waals surface area contributed by atoms with Crippen molar-refractivity contribution in [2.45, 2.75) is 45.2 Å². The number of nitrogens with one attached hydrogen (secondary N) is 2. The molecule has 0 atom stereocenters. The third kappa shape index (κ3) is 4.76. The zero-order valence-corrected chi connectivity index (χ0v) is 14.5. The maximum absolute atomic E-state index is 10.5. The van der Waals surface area contributed by atoms with Crippen LogP contribution in [0.5, 0.6) is 0 Å². The van der Waals surface area contributed by atoms with Crippen molar-refractivity contribution in [1.82, 2.24) is 25.1 Å². The van der Waals surface area contributed by atoms with E-state index in [0.29, 0.717) is 12.5 Å². The summed E-state index contributed by atoms with van der Waals surface area (Å²) < 4.78 is 0. The van der Waals surface area contributed by atoms with E-state index in [9.17, 15) is 4.79 Å². The number of aryl methyl sites for hydroxylation is 1. The molecule has 0 saturated carbocycles. The van der Waals surface area contributed by atoms with Gasteiger partial charge in [0.15, 0.2) is 0 Å². The fourth-order valence-corrected chi connectivity index (χ4v) is 3.16. The average molecular weight is 344 g/mol. The number of anilines is 1. The molecule has 2 aromatic heterocycles. The van der Waals surface area contributed by atoms with Gasteiger partial charge in [0, 0.05) is 36.7 Å². The number of hydrogen-bond donors (Lipinski definition) is 3. The lowest BCUT2D eigenvalue weighted by Crippen LogP contribution is -2.19. The third-order valence-electron chi connectivity index (χ3n) is 4.37. The number of carboxylic acid groups (broad SMARTS) is 1. The molecule has 1 aliphatic carbocycles. The van der Waals surface area contributed by atoms with Gasteiger partial charge in [-0.05, 0) is 38.3 Å². The summed E-state index contributed by atoms with van der Waals surface area (Å²) in [5, 5.41) is 19.0. The van der Waals surface area contributed by atoms with Gasteiger partial charge in [0.25, 0.3) is 0 Å². The topological polar surface area (TPSA) is 107 Å². The van der Waals surface area contributed by atoms with Gasteiger partial charge in [-0.2, -0.15) is 5.10 Å². The standard InChI is InChI=1S/C17H24N6O2/c1-23(10-12-7-18-17(19-8-12)20-9-16(24)25)11-15-13-5-3-2-4-6-14(13)21-22-15/h7-8H,2-6,9-11H2,1H3,(H,21,22)(H,24,25)(H,18,19,20). The van der Waals surface area contributed by atoms with E-state index < -0.39 is 5.97 Å². The van der Waals surface area contributed by atoms with E-state index in [1.165, 1.54) is 30.5 Å². The van der Waals surface area contributed by atoms with Crippen molar-refractivity contribution in [1.29, 1.82) is 0 Å². The first-order chi connectivity index (χ1) is 12.1. The van der Waals surface area contributed by atoms with E-state index >= 15 is 0 Å². The monoisotopic (exact) mass is 344 g/mol. The highest BCUT2D eigenvalue weighted by Gasteiger charge is 2.16. The molecule has 0 bridgehead atoms. The molecule has 2 aromatic rings. The molecule has 0 aliphatic heterocycles. The molecule has 0 radical (unpaired) electrons. The highest BCUT2D eigenvalue weighted by atomic mass is 16.4. The Kier molecular flexibility index (Phi) is 5.60. The van der Waals surface area contributed by atoms with Crippen LogP contribution in [0, 0.1) is 0 Å². The minimum Gasteiger partial charge on any atom is -0.480 e. The Morgan fingerprint density at radius 1 is 1.24 bits per heavy atom. The molecule has 0 aromatic carbocycles. The number of aromatic nitrogens is 4. The van der Waals surface area contributed by atoms with Crippen molar-refractivity contribution in [2.24, 2.45) is 0 Å². The normalized spacial score (nSPS) is 14.2. The zero-order valence-electron chi connectivity index (χ0n) is 14.5. The predicted octanol–water partition coefficient (Wildman–Crippen LogP) is 1.60. The van der Waals surface area contributed by atoms with Gasteiger partial charge in [-0.15, -0.1) is 0 Å². The van der Waals surface area contributed by atoms with E-state index in [-0.39, 0.29) is 6.54 Å². The first kappa shape index (κ1) is 17.3. The fraction of sp³-hybridized carbons (Fsp3) is 0.529. The molecule has 0 unspecified atom stereocenters. The lowest BCUT2D eigenvalue weighted by molar-refractivity contribution is -0.134. The van der Waals surface area contributed by atoms with Crippen LogP contribution in [0.3, 0.4) is 0 Å². The lowest BCUT2D eigenvalue weighted by Gasteiger charge is -2.16. The summed E-state index contributed by atoms with van der Waals surface area (Å²) in [6, 6.07) is 0. The second-order valence-corrected chi connectivity index (χ2v) is 6.52. The first-order valence-electron chi connectivity index (χ1n) is 8.62. The summed E-state index contributed by atoms with van der Waals surface area (Å²) in [5.41, 5.74) is 4.82. The summed E-state index contributed by atoms with van der Waals surface area (Å²) in [6.07, 6.45) is 9.42. The Bertz CT molecular complexity index is 712. The molecule has 3 rings (SSSR count). The van der Waals surface area contributed by atoms with Crippen LogP contribution in [-0.4, -0.2) is 49.7 Å². The number of rotatable bonds is 7. The number of aromatic amines is 1. The van der Waals surface area contributed by atoms with Gasteiger partial charge in [-0.1, -0.05) is 6.42 Å². The molecule has 8 nitrogen and oxygen atoms in total. The van der Waals surface area contributed by atoms with Gasteiger partial charge in [-0.25, -0.2) is 9.97 Å². The number of carboxylic acids is 1. The van der Waals surface area contributed by atoms with Gasteiger partial charge in [0.2, 0.25) is 5.95 Å². The minimum absolute atomic E-state index is 0.191. The molecular weight excluding hydrogens is 320 g/mol. The van der Waals surface area contributed by atoms with Crippen molar-refractivity contribution in [2.75, 3.05) is 18.9 Å². The van der Waals surface area contributed by atoms with E-state index in [2.05, 4.69) is 30.4 Å². The Labute approximate surface area is 146 Å². The molecule has 0 amide bonds. The maximum atomic E-state index is 10.5. The molecule has 25 heavy (non-hydrogen) atoms. The molecule has 1 aliphatic rings. The molecule has 0 saturated heterocycles.